The third-order valence-corrected chi connectivity index (χ3v) is 5.70. The van der Waals surface area contributed by atoms with Crippen LogP contribution in [0.1, 0.15) is 23.5 Å². The number of nitrogens with two attached hydrogens (primary N) is 1. The average Bonchev–Trinajstić information content (AvgIpc) is 2.67. The van der Waals surface area contributed by atoms with Gasteiger partial charge in [-0.2, -0.15) is 0 Å². The number of ether oxygens (including phenoxy) is 1. The van der Waals surface area contributed by atoms with Gasteiger partial charge in [0.1, 0.15) is 9.90 Å². The number of rotatable bonds is 7. The van der Waals surface area contributed by atoms with Gasteiger partial charge in [-0.05, 0) is 0 Å². The molecule has 0 bridgehead atoms. The number of nitrogens with one attached hydrogen (secondary N) is 1. The fourth-order valence-electron chi connectivity index (χ4n) is 1.53. The maximum atomic E-state index is 12.1. The molecule has 19 heavy (non-hydrogen) atoms. The molecule has 8 heteroatoms. The summed E-state index contributed by atoms with van der Waals surface area (Å²) in [6.45, 7) is 3.78. The van der Waals surface area contributed by atoms with E-state index in [9.17, 15) is 13.2 Å². The van der Waals surface area contributed by atoms with Crippen LogP contribution in [0.2, 0.25) is 0 Å². The Kier molecular flexibility index (Phi) is 5.33. The van der Waals surface area contributed by atoms with Crippen molar-refractivity contribution in [1.29, 1.82) is 0 Å². The molecule has 0 unspecified atom stereocenters. The lowest BCUT2D eigenvalue weighted by Gasteiger charge is -2.07. The first-order valence-corrected chi connectivity index (χ1v) is 8.20. The Morgan fingerprint density at radius 2 is 2.11 bits per heavy atom. The Labute approximate surface area is 116 Å². The predicted molar refractivity (Wildman–Crippen MR) is 76.8 cm³/mol. The van der Waals surface area contributed by atoms with Crippen LogP contribution in [-0.2, 0) is 14.6 Å². The highest BCUT2D eigenvalue weighted by Gasteiger charge is 2.27. The van der Waals surface area contributed by atoms with Gasteiger partial charge in [-0.15, -0.1) is 11.3 Å². The maximum Gasteiger partial charge on any atom is 0.183 e. The highest BCUT2D eigenvalue weighted by atomic mass is 32.2. The van der Waals surface area contributed by atoms with E-state index in [0.29, 0.717) is 18.2 Å². The Hall–Kier alpha value is -1.12. The number of sulfone groups is 1. The summed E-state index contributed by atoms with van der Waals surface area (Å²) < 4.78 is 29.0. The molecule has 0 aliphatic carbocycles. The molecule has 0 saturated heterocycles. The van der Waals surface area contributed by atoms with Crippen LogP contribution in [0.4, 0.5) is 10.7 Å². The number of hydrogen-bond donors (Lipinski definition) is 2. The topological polar surface area (TPSA) is 98.5 Å². The summed E-state index contributed by atoms with van der Waals surface area (Å²) in [4.78, 5) is 11.8. The molecule has 1 rings (SSSR count). The summed E-state index contributed by atoms with van der Waals surface area (Å²) in [5, 5.41) is 3.36. The summed E-state index contributed by atoms with van der Waals surface area (Å²) in [7, 11) is -1.93. The van der Waals surface area contributed by atoms with Gasteiger partial charge in [0.15, 0.2) is 15.6 Å². The lowest BCUT2D eigenvalue weighted by molar-refractivity contribution is 0.102. The minimum absolute atomic E-state index is 0.0290. The van der Waals surface area contributed by atoms with Crippen molar-refractivity contribution in [3.63, 3.8) is 0 Å². The lowest BCUT2D eigenvalue weighted by atomic mass is 10.3. The molecule has 1 aromatic heterocycles. The van der Waals surface area contributed by atoms with Gasteiger partial charge in [0.05, 0.1) is 22.9 Å². The highest BCUT2D eigenvalue weighted by molar-refractivity contribution is 7.91. The van der Waals surface area contributed by atoms with Gasteiger partial charge in [0.25, 0.3) is 0 Å². The number of Topliss-reactive ketones (excluding diaryl/α,β-unsaturated/α-hetero) is 1. The van der Waals surface area contributed by atoms with Gasteiger partial charge >= 0.3 is 0 Å². The van der Waals surface area contributed by atoms with E-state index in [1.54, 1.807) is 14.0 Å². The standard InChI is InChI=1S/C11H18N2O4S2/c1-4-19(15,16)10-8(12)9(7(2)14)18-11(10)13-5-6-17-3/h13H,4-6,12H2,1-3H3. The summed E-state index contributed by atoms with van der Waals surface area (Å²) in [6, 6.07) is 0. The molecule has 0 aliphatic rings. The molecule has 0 fully saturated rings. The monoisotopic (exact) mass is 306 g/mol. The fraction of sp³-hybridized carbons (Fsp3) is 0.545. The van der Waals surface area contributed by atoms with Gasteiger partial charge < -0.3 is 15.8 Å². The number of anilines is 2. The molecule has 0 radical (unpaired) electrons. The van der Waals surface area contributed by atoms with E-state index in [0.717, 1.165) is 11.3 Å². The van der Waals surface area contributed by atoms with Crippen molar-refractivity contribution < 1.29 is 17.9 Å². The van der Waals surface area contributed by atoms with Crippen LogP contribution in [0.25, 0.3) is 0 Å². The molecule has 0 aromatic carbocycles. The molecule has 0 atom stereocenters. The molecular weight excluding hydrogens is 288 g/mol. The normalized spacial score (nSPS) is 11.5. The molecule has 108 valence electrons. The second kappa shape index (κ2) is 6.36. The zero-order chi connectivity index (χ0) is 14.6. The first kappa shape index (κ1) is 15.9. The highest BCUT2D eigenvalue weighted by Crippen LogP contribution is 2.39. The second-order valence-electron chi connectivity index (χ2n) is 3.88. The van der Waals surface area contributed by atoms with E-state index in [2.05, 4.69) is 5.32 Å². The van der Waals surface area contributed by atoms with Crippen molar-refractivity contribution in [2.24, 2.45) is 0 Å². The van der Waals surface area contributed by atoms with Crippen LogP contribution in [0.5, 0.6) is 0 Å². The van der Waals surface area contributed by atoms with Gasteiger partial charge in [-0.25, -0.2) is 8.42 Å². The molecular formula is C11H18N2O4S2. The van der Waals surface area contributed by atoms with E-state index < -0.39 is 9.84 Å². The second-order valence-corrected chi connectivity index (χ2v) is 7.12. The van der Waals surface area contributed by atoms with Crippen LogP contribution in [0.3, 0.4) is 0 Å². The quantitative estimate of drug-likeness (QED) is 0.583. The van der Waals surface area contributed by atoms with Crippen molar-refractivity contribution in [2.45, 2.75) is 18.7 Å². The van der Waals surface area contributed by atoms with Crippen molar-refractivity contribution in [2.75, 3.05) is 37.1 Å². The van der Waals surface area contributed by atoms with Crippen LogP contribution >= 0.6 is 11.3 Å². The van der Waals surface area contributed by atoms with E-state index >= 15 is 0 Å². The average molecular weight is 306 g/mol. The molecule has 3 N–H and O–H groups in total. The SMILES string of the molecule is CCS(=O)(=O)c1c(NCCOC)sc(C(C)=O)c1N. The Morgan fingerprint density at radius 1 is 1.47 bits per heavy atom. The maximum absolute atomic E-state index is 12.1. The minimum Gasteiger partial charge on any atom is -0.396 e. The number of carbonyl (C=O) groups is 1. The smallest absolute Gasteiger partial charge is 0.183 e. The van der Waals surface area contributed by atoms with Crippen LogP contribution in [0.15, 0.2) is 4.90 Å². The van der Waals surface area contributed by atoms with Gasteiger partial charge in [-0.1, -0.05) is 6.92 Å². The number of ketones is 1. The van der Waals surface area contributed by atoms with Crippen LogP contribution in [0, 0.1) is 0 Å². The lowest BCUT2D eigenvalue weighted by Crippen LogP contribution is -2.12. The van der Waals surface area contributed by atoms with E-state index in [1.807, 2.05) is 0 Å². The van der Waals surface area contributed by atoms with Crippen molar-refractivity contribution in [1.82, 2.24) is 0 Å². The summed E-state index contributed by atoms with van der Waals surface area (Å²) in [6.07, 6.45) is 0. The summed E-state index contributed by atoms with van der Waals surface area (Å²) >= 11 is 1.07. The summed E-state index contributed by atoms with van der Waals surface area (Å²) in [5.74, 6) is -0.306. The number of methoxy groups -OCH3 is 1. The zero-order valence-electron chi connectivity index (χ0n) is 11.1. The van der Waals surface area contributed by atoms with Crippen molar-refractivity contribution >= 4 is 37.6 Å². The number of nitrogen functional groups attached to an aromatic ring is 1. The number of carbonyl (C=O) groups excluding carboxylic acids is 1. The van der Waals surface area contributed by atoms with E-state index in [-0.39, 0.29) is 27.0 Å². The van der Waals surface area contributed by atoms with E-state index in [4.69, 9.17) is 10.5 Å². The molecule has 1 aromatic rings. The molecule has 6 nitrogen and oxygen atoms in total. The first-order valence-electron chi connectivity index (χ1n) is 5.73. The molecule has 1 heterocycles. The molecule has 0 amide bonds. The zero-order valence-corrected chi connectivity index (χ0v) is 12.8. The van der Waals surface area contributed by atoms with E-state index in [1.165, 1.54) is 6.92 Å². The Balaban J connectivity index is 3.28. The van der Waals surface area contributed by atoms with Gasteiger partial charge in [0, 0.05) is 20.6 Å². The van der Waals surface area contributed by atoms with Crippen LogP contribution in [-0.4, -0.2) is 40.2 Å². The Morgan fingerprint density at radius 3 is 2.58 bits per heavy atom. The van der Waals surface area contributed by atoms with Crippen LogP contribution < -0.4 is 11.1 Å². The minimum atomic E-state index is -3.48. The Bertz CT molecular complexity index is 563. The summed E-state index contributed by atoms with van der Waals surface area (Å²) in [5.41, 5.74) is 5.85. The number of thiophene rings is 1. The first-order chi connectivity index (χ1) is 8.85. The third kappa shape index (κ3) is 3.46. The molecule has 0 saturated carbocycles. The van der Waals surface area contributed by atoms with Gasteiger partial charge in [0.2, 0.25) is 0 Å². The fourth-order valence-corrected chi connectivity index (χ4v) is 4.11. The molecule has 0 spiro atoms. The third-order valence-electron chi connectivity index (χ3n) is 2.50. The number of hydrogen-bond acceptors (Lipinski definition) is 7. The van der Waals surface area contributed by atoms with Gasteiger partial charge in [-0.3, -0.25) is 4.79 Å². The molecule has 0 aliphatic heterocycles. The van der Waals surface area contributed by atoms with Crippen molar-refractivity contribution in [3.05, 3.63) is 4.88 Å². The largest absolute Gasteiger partial charge is 0.396 e. The predicted octanol–water partition coefficient (Wildman–Crippen LogP) is 1.38. The van der Waals surface area contributed by atoms with Crippen molar-refractivity contribution in [3.8, 4) is 0 Å².